The van der Waals surface area contributed by atoms with Gasteiger partial charge in [-0.2, -0.15) is 0 Å². The molecule has 0 amide bonds. The van der Waals surface area contributed by atoms with Gasteiger partial charge in [0.15, 0.2) is 0 Å². The van der Waals surface area contributed by atoms with E-state index in [9.17, 15) is 0 Å². The van der Waals surface area contributed by atoms with Gasteiger partial charge in [0.25, 0.3) is 0 Å². The number of fused-ring (bicyclic) bond motifs is 1. The fraction of sp³-hybridized carbons (Fsp3) is 0.438. The first-order chi connectivity index (χ1) is 8.69. The second-order valence-electron chi connectivity index (χ2n) is 4.86. The number of aromatic nitrogens is 1. The van der Waals surface area contributed by atoms with Gasteiger partial charge in [0, 0.05) is 12.4 Å². The first-order valence-corrected chi connectivity index (χ1v) is 6.80. The summed E-state index contributed by atoms with van der Waals surface area (Å²) in [7, 11) is 1.93. The molecule has 2 heteroatoms. The number of nitrogens with one attached hydrogen (secondary N) is 1. The maximum absolute atomic E-state index is 4.68. The zero-order valence-corrected chi connectivity index (χ0v) is 11.7. The second-order valence-corrected chi connectivity index (χ2v) is 4.86. The Hall–Kier alpha value is -1.57. The minimum absolute atomic E-state index is 0.614. The van der Waals surface area contributed by atoms with Gasteiger partial charge in [-0.1, -0.05) is 26.8 Å². The van der Waals surface area contributed by atoms with Crippen LogP contribution in [0.1, 0.15) is 44.2 Å². The van der Waals surface area contributed by atoms with E-state index in [1.54, 1.807) is 0 Å². The molecule has 0 bridgehead atoms. The van der Waals surface area contributed by atoms with Gasteiger partial charge >= 0.3 is 0 Å². The molecule has 0 spiro atoms. The van der Waals surface area contributed by atoms with Crippen LogP contribution in [-0.2, 0) is 6.42 Å². The number of pyridine rings is 1. The summed E-state index contributed by atoms with van der Waals surface area (Å²) < 4.78 is 0. The summed E-state index contributed by atoms with van der Waals surface area (Å²) in [6, 6.07) is 8.89. The molecule has 96 valence electrons. The summed E-state index contributed by atoms with van der Waals surface area (Å²) in [5.41, 5.74) is 3.76. The molecule has 18 heavy (non-hydrogen) atoms. The number of aryl methyl sites for hydroxylation is 1. The maximum Gasteiger partial charge on any atom is 0.129 e. The molecule has 1 heterocycles. The van der Waals surface area contributed by atoms with Gasteiger partial charge in [0.05, 0.1) is 5.52 Å². The summed E-state index contributed by atoms with van der Waals surface area (Å²) >= 11 is 0. The van der Waals surface area contributed by atoms with Crippen LogP contribution >= 0.6 is 0 Å². The van der Waals surface area contributed by atoms with E-state index < -0.39 is 0 Å². The van der Waals surface area contributed by atoms with Gasteiger partial charge < -0.3 is 5.32 Å². The summed E-state index contributed by atoms with van der Waals surface area (Å²) in [6.45, 7) is 6.67. The lowest BCUT2D eigenvalue weighted by molar-refractivity contribution is 0.734. The van der Waals surface area contributed by atoms with Crippen molar-refractivity contribution in [1.29, 1.82) is 0 Å². The number of rotatable bonds is 4. The van der Waals surface area contributed by atoms with Crippen molar-refractivity contribution >= 4 is 16.7 Å². The molecule has 1 aromatic heterocycles. The predicted molar refractivity (Wildman–Crippen MR) is 79.4 cm³/mol. The molecular formula is C16H22N2. The normalized spacial score (nSPS) is 12.7. The molecule has 0 aliphatic rings. The topological polar surface area (TPSA) is 24.9 Å². The van der Waals surface area contributed by atoms with Crippen molar-refractivity contribution in [3.05, 3.63) is 35.4 Å². The first-order valence-electron chi connectivity index (χ1n) is 6.80. The van der Waals surface area contributed by atoms with Crippen molar-refractivity contribution in [2.45, 2.75) is 39.5 Å². The van der Waals surface area contributed by atoms with Crippen LogP contribution in [0.25, 0.3) is 10.9 Å². The summed E-state index contributed by atoms with van der Waals surface area (Å²) in [6.07, 6.45) is 2.18. The van der Waals surface area contributed by atoms with E-state index in [-0.39, 0.29) is 0 Å². The highest BCUT2D eigenvalue weighted by Gasteiger charge is 2.07. The van der Waals surface area contributed by atoms with Crippen molar-refractivity contribution in [3.8, 4) is 0 Å². The highest BCUT2D eigenvalue weighted by atomic mass is 15.0. The molecule has 0 fully saturated rings. The first kappa shape index (κ1) is 12.9. The molecule has 2 aromatic rings. The second kappa shape index (κ2) is 5.38. The Labute approximate surface area is 109 Å². The van der Waals surface area contributed by atoms with E-state index in [0.717, 1.165) is 17.8 Å². The van der Waals surface area contributed by atoms with Crippen LogP contribution in [0.5, 0.6) is 0 Å². The van der Waals surface area contributed by atoms with Gasteiger partial charge in [-0.3, -0.25) is 0 Å². The molecule has 0 aliphatic heterocycles. The maximum atomic E-state index is 4.68. The molecule has 1 atom stereocenters. The predicted octanol–water partition coefficient (Wildman–Crippen LogP) is 4.35. The van der Waals surface area contributed by atoms with Crippen LogP contribution in [0.3, 0.4) is 0 Å². The van der Waals surface area contributed by atoms with Gasteiger partial charge in [0.2, 0.25) is 0 Å². The van der Waals surface area contributed by atoms with Gasteiger partial charge in [-0.15, -0.1) is 0 Å². The van der Waals surface area contributed by atoms with Crippen LogP contribution in [0.2, 0.25) is 0 Å². The fourth-order valence-electron chi connectivity index (χ4n) is 2.27. The molecule has 1 unspecified atom stereocenters. The monoisotopic (exact) mass is 242 g/mol. The van der Waals surface area contributed by atoms with Gasteiger partial charge in [-0.05, 0) is 48.1 Å². The molecule has 0 radical (unpaired) electrons. The Bertz CT molecular complexity index is 546. The standard InChI is InChI=1S/C16H22N2/c1-5-11(3)13-7-8-15-14(10-13)9-12(6-2)16(17-4)18-15/h7-11H,5-6H2,1-4H3,(H,17,18). The molecule has 0 saturated heterocycles. The summed E-state index contributed by atoms with van der Waals surface area (Å²) in [4.78, 5) is 4.68. The number of hydrogen-bond acceptors (Lipinski definition) is 2. The van der Waals surface area contributed by atoms with E-state index >= 15 is 0 Å². The van der Waals surface area contributed by atoms with Crippen LogP contribution in [0.15, 0.2) is 24.3 Å². The van der Waals surface area contributed by atoms with Crippen molar-refractivity contribution in [3.63, 3.8) is 0 Å². The van der Waals surface area contributed by atoms with Crippen molar-refractivity contribution < 1.29 is 0 Å². The highest BCUT2D eigenvalue weighted by molar-refractivity contribution is 5.82. The lowest BCUT2D eigenvalue weighted by Crippen LogP contribution is -1.99. The zero-order valence-electron chi connectivity index (χ0n) is 11.7. The number of hydrogen-bond donors (Lipinski definition) is 1. The van der Waals surface area contributed by atoms with Crippen molar-refractivity contribution in [1.82, 2.24) is 4.98 Å². The highest BCUT2D eigenvalue weighted by Crippen LogP contribution is 2.26. The zero-order chi connectivity index (χ0) is 13.1. The minimum Gasteiger partial charge on any atom is -0.373 e. The Morgan fingerprint density at radius 3 is 2.61 bits per heavy atom. The Morgan fingerprint density at radius 2 is 2.00 bits per heavy atom. The molecule has 2 rings (SSSR count). The van der Waals surface area contributed by atoms with E-state index in [1.165, 1.54) is 22.9 Å². The third-order valence-electron chi connectivity index (χ3n) is 3.72. The van der Waals surface area contributed by atoms with E-state index in [2.05, 4.69) is 55.3 Å². The smallest absolute Gasteiger partial charge is 0.129 e. The van der Waals surface area contributed by atoms with Crippen molar-refractivity contribution in [2.24, 2.45) is 0 Å². The fourth-order valence-corrected chi connectivity index (χ4v) is 2.27. The molecule has 0 saturated carbocycles. The Balaban J connectivity index is 2.56. The number of nitrogens with zero attached hydrogens (tertiary/aromatic N) is 1. The average molecular weight is 242 g/mol. The molecule has 1 N–H and O–H groups in total. The van der Waals surface area contributed by atoms with Gasteiger partial charge in [0.1, 0.15) is 5.82 Å². The molecular weight excluding hydrogens is 220 g/mol. The lowest BCUT2D eigenvalue weighted by Gasteiger charge is -2.12. The van der Waals surface area contributed by atoms with Crippen LogP contribution in [0, 0.1) is 0 Å². The quantitative estimate of drug-likeness (QED) is 0.862. The number of anilines is 1. The van der Waals surface area contributed by atoms with Gasteiger partial charge in [-0.25, -0.2) is 4.98 Å². The van der Waals surface area contributed by atoms with Crippen LogP contribution < -0.4 is 5.32 Å². The Morgan fingerprint density at radius 1 is 1.22 bits per heavy atom. The lowest BCUT2D eigenvalue weighted by atomic mass is 9.96. The van der Waals surface area contributed by atoms with Crippen molar-refractivity contribution in [2.75, 3.05) is 12.4 Å². The van der Waals surface area contributed by atoms with Crippen LogP contribution in [-0.4, -0.2) is 12.0 Å². The third-order valence-corrected chi connectivity index (χ3v) is 3.72. The SMILES string of the molecule is CCc1cc2cc(C(C)CC)ccc2nc1NC. The number of benzene rings is 1. The Kier molecular flexibility index (Phi) is 3.85. The summed E-state index contributed by atoms with van der Waals surface area (Å²) in [5.74, 6) is 1.62. The average Bonchev–Trinajstić information content (AvgIpc) is 2.44. The largest absolute Gasteiger partial charge is 0.373 e. The molecule has 2 nitrogen and oxygen atoms in total. The third kappa shape index (κ3) is 2.33. The molecule has 0 aliphatic carbocycles. The van der Waals surface area contributed by atoms with E-state index in [1.807, 2.05) is 7.05 Å². The van der Waals surface area contributed by atoms with Crippen LogP contribution in [0.4, 0.5) is 5.82 Å². The van der Waals surface area contributed by atoms with E-state index in [4.69, 9.17) is 0 Å². The van der Waals surface area contributed by atoms with E-state index in [0.29, 0.717) is 5.92 Å². The molecule has 1 aromatic carbocycles. The minimum atomic E-state index is 0.614. The summed E-state index contributed by atoms with van der Waals surface area (Å²) in [5, 5.41) is 4.43.